The summed E-state index contributed by atoms with van der Waals surface area (Å²) in [6, 6.07) is 4.68. The van der Waals surface area contributed by atoms with Gasteiger partial charge in [0.05, 0.1) is 5.69 Å². The lowest BCUT2D eigenvalue weighted by Crippen LogP contribution is -2.12. The Balaban J connectivity index is 3.01. The first kappa shape index (κ1) is 15.3. The second-order valence-electron chi connectivity index (χ2n) is 3.50. The Hall–Kier alpha value is -1.78. The molecule has 1 amide bonds. The second kappa shape index (κ2) is 6.41. The SMILES string of the molecule is COP(=O)(OC)C(=O)Nc1ccc(C)c(N=C=O)c1. The zero-order valence-corrected chi connectivity index (χ0v) is 11.6. The first-order valence-electron chi connectivity index (χ1n) is 5.18. The van der Waals surface area contributed by atoms with Crippen LogP contribution < -0.4 is 5.32 Å². The Morgan fingerprint density at radius 1 is 1.37 bits per heavy atom. The van der Waals surface area contributed by atoms with Gasteiger partial charge in [0.2, 0.25) is 6.08 Å². The Kier molecular flexibility index (Phi) is 5.15. The average molecular weight is 284 g/mol. The van der Waals surface area contributed by atoms with Crippen LogP contribution in [0, 0.1) is 6.92 Å². The molecule has 1 aromatic rings. The fourth-order valence-electron chi connectivity index (χ4n) is 1.29. The van der Waals surface area contributed by atoms with Crippen LogP contribution in [0.1, 0.15) is 5.56 Å². The van der Waals surface area contributed by atoms with E-state index >= 15 is 0 Å². The number of aryl methyl sites for hydroxylation is 1. The summed E-state index contributed by atoms with van der Waals surface area (Å²) in [6.45, 7) is 1.75. The van der Waals surface area contributed by atoms with Crippen LogP contribution in [-0.2, 0) is 18.4 Å². The Labute approximate surface area is 110 Å². The molecule has 7 nitrogen and oxygen atoms in total. The van der Waals surface area contributed by atoms with Crippen molar-refractivity contribution in [1.82, 2.24) is 0 Å². The van der Waals surface area contributed by atoms with E-state index in [0.29, 0.717) is 11.4 Å². The molecule has 0 radical (unpaired) electrons. The largest absolute Gasteiger partial charge is 0.418 e. The van der Waals surface area contributed by atoms with Crippen molar-refractivity contribution in [2.24, 2.45) is 4.99 Å². The number of aliphatic imine (C=N–C) groups is 1. The maximum absolute atomic E-state index is 11.8. The van der Waals surface area contributed by atoms with Gasteiger partial charge in [-0.1, -0.05) is 6.07 Å². The molecule has 0 aliphatic carbocycles. The predicted octanol–water partition coefficient (Wildman–Crippen LogP) is 2.98. The molecule has 1 N–H and O–H groups in total. The summed E-state index contributed by atoms with van der Waals surface area (Å²) >= 11 is 0. The van der Waals surface area contributed by atoms with Gasteiger partial charge in [-0.2, -0.15) is 4.99 Å². The minimum Gasteiger partial charge on any atom is -0.315 e. The zero-order chi connectivity index (χ0) is 14.5. The first-order valence-corrected chi connectivity index (χ1v) is 6.72. The molecular formula is C11H13N2O5P. The number of benzene rings is 1. The van der Waals surface area contributed by atoms with Crippen molar-refractivity contribution in [3.8, 4) is 0 Å². The van der Waals surface area contributed by atoms with Gasteiger partial charge in [-0.15, -0.1) is 0 Å². The number of isocyanates is 1. The molecule has 0 atom stereocenters. The summed E-state index contributed by atoms with van der Waals surface area (Å²) in [7, 11) is -1.61. The monoisotopic (exact) mass is 284 g/mol. The molecular weight excluding hydrogens is 271 g/mol. The average Bonchev–Trinajstić information content (AvgIpc) is 2.41. The highest BCUT2D eigenvalue weighted by molar-refractivity contribution is 7.72. The quantitative estimate of drug-likeness (QED) is 0.509. The van der Waals surface area contributed by atoms with E-state index < -0.39 is 13.2 Å². The summed E-state index contributed by atoms with van der Waals surface area (Å²) in [4.78, 5) is 25.5. The lowest BCUT2D eigenvalue weighted by atomic mass is 10.2. The Morgan fingerprint density at radius 3 is 2.53 bits per heavy atom. The summed E-state index contributed by atoms with van der Waals surface area (Å²) < 4.78 is 20.9. The van der Waals surface area contributed by atoms with Gasteiger partial charge in [0.25, 0.3) is 0 Å². The maximum Gasteiger partial charge on any atom is 0.418 e. The van der Waals surface area contributed by atoms with Gasteiger partial charge in [-0.25, -0.2) is 9.36 Å². The van der Waals surface area contributed by atoms with Gasteiger partial charge in [0, 0.05) is 19.9 Å². The summed E-state index contributed by atoms with van der Waals surface area (Å²) in [5, 5.41) is 2.37. The number of anilines is 1. The molecule has 0 aliphatic heterocycles. The van der Waals surface area contributed by atoms with Crippen LogP contribution in [0.25, 0.3) is 0 Å². The van der Waals surface area contributed by atoms with Gasteiger partial charge in [0.15, 0.2) is 0 Å². The Morgan fingerprint density at radius 2 is 2.00 bits per heavy atom. The predicted molar refractivity (Wildman–Crippen MR) is 69.6 cm³/mol. The minimum absolute atomic E-state index is 0.318. The van der Waals surface area contributed by atoms with Crippen molar-refractivity contribution in [3.63, 3.8) is 0 Å². The molecule has 0 saturated heterocycles. The van der Waals surface area contributed by atoms with E-state index in [2.05, 4.69) is 19.4 Å². The van der Waals surface area contributed by atoms with E-state index in [1.165, 1.54) is 12.1 Å². The van der Waals surface area contributed by atoms with Crippen LogP contribution in [0.15, 0.2) is 23.2 Å². The minimum atomic E-state index is -3.84. The number of hydrogen-bond donors (Lipinski definition) is 1. The highest BCUT2D eigenvalue weighted by atomic mass is 31.2. The topological polar surface area (TPSA) is 94.1 Å². The normalized spacial score (nSPS) is 10.7. The van der Waals surface area contributed by atoms with E-state index in [0.717, 1.165) is 19.8 Å². The van der Waals surface area contributed by atoms with Crippen LogP contribution in [0.2, 0.25) is 0 Å². The molecule has 8 heteroatoms. The van der Waals surface area contributed by atoms with Crippen molar-refractivity contribution >= 4 is 30.7 Å². The van der Waals surface area contributed by atoms with Crippen molar-refractivity contribution in [2.45, 2.75) is 6.92 Å². The van der Waals surface area contributed by atoms with Crippen molar-refractivity contribution in [1.29, 1.82) is 0 Å². The summed E-state index contributed by atoms with van der Waals surface area (Å²) in [6.07, 6.45) is 1.42. The molecule has 0 spiro atoms. The number of nitrogens with one attached hydrogen (secondary N) is 1. The van der Waals surface area contributed by atoms with Crippen LogP contribution in [-0.4, -0.2) is 25.9 Å². The standard InChI is InChI=1S/C11H13N2O5P/c1-8-4-5-9(6-10(8)12-7-14)13-11(15)19(16,17-2)18-3/h4-6H,1-3H3,(H,13,15). The molecule has 1 rings (SSSR count). The third-order valence-corrected chi connectivity index (χ3v) is 3.93. The third-order valence-electron chi connectivity index (χ3n) is 2.36. The molecule has 0 saturated carbocycles. The fourth-order valence-corrected chi connectivity index (χ4v) is 2.04. The number of carbonyl (C=O) groups excluding carboxylic acids is 2. The van der Waals surface area contributed by atoms with Gasteiger partial charge in [0.1, 0.15) is 0 Å². The lowest BCUT2D eigenvalue weighted by molar-refractivity contribution is 0.242. The van der Waals surface area contributed by atoms with E-state index in [4.69, 9.17) is 0 Å². The van der Waals surface area contributed by atoms with Crippen LogP contribution in [0.4, 0.5) is 16.2 Å². The first-order chi connectivity index (χ1) is 8.96. The fraction of sp³-hybridized carbons (Fsp3) is 0.273. The number of nitrogens with zero attached hydrogens (tertiary/aromatic N) is 1. The third kappa shape index (κ3) is 3.59. The van der Waals surface area contributed by atoms with E-state index in [-0.39, 0.29) is 0 Å². The summed E-state index contributed by atoms with van der Waals surface area (Å²) in [5.74, 6) is 0. The molecule has 0 aliphatic rings. The number of hydrogen-bond acceptors (Lipinski definition) is 6. The van der Waals surface area contributed by atoms with Crippen LogP contribution in [0.3, 0.4) is 0 Å². The van der Waals surface area contributed by atoms with Crippen molar-refractivity contribution in [3.05, 3.63) is 23.8 Å². The van der Waals surface area contributed by atoms with Crippen molar-refractivity contribution in [2.75, 3.05) is 19.5 Å². The molecule has 0 fully saturated rings. The van der Waals surface area contributed by atoms with Crippen molar-refractivity contribution < 1.29 is 23.2 Å². The van der Waals surface area contributed by atoms with E-state index in [9.17, 15) is 14.2 Å². The molecule has 102 valence electrons. The van der Waals surface area contributed by atoms with Crippen LogP contribution >= 0.6 is 7.60 Å². The molecule has 0 unspecified atom stereocenters. The highest BCUT2D eigenvalue weighted by Gasteiger charge is 2.32. The second-order valence-corrected chi connectivity index (χ2v) is 5.63. The Bertz CT molecular complexity index is 572. The summed E-state index contributed by atoms with van der Waals surface area (Å²) in [5.41, 5.74) is 0.516. The zero-order valence-electron chi connectivity index (χ0n) is 10.7. The number of amides is 1. The number of rotatable bonds is 5. The van der Waals surface area contributed by atoms with E-state index in [1.807, 2.05) is 0 Å². The van der Waals surface area contributed by atoms with Gasteiger partial charge in [-0.05, 0) is 24.6 Å². The molecule has 0 heterocycles. The lowest BCUT2D eigenvalue weighted by Gasteiger charge is -2.13. The smallest absolute Gasteiger partial charge is 0.315 e. The molecule has 0 bridgehead atoms. The molecule has 0 aromatic heterocycles. The van der Waals surface area contributed by atoms with Gasteiger partial charge >= 0.3 is 13.2 Å². The maximum atomic E-state index is 11.8. The van der Waals surface area contributed by atoms with Gasteiger partial charge < -0.3 is 14.4 Å². The van der Waals surface area contributed by atoms with E-state index in [1.54, 1.807) is 19.1 Å². The molecule has 19 heavy (non-hydrogen) atoms. The number of carbonyl (C=O) groups is 1. The highest BCUT2D eigenvalue weighted by Crippen LogP contribution is 2.47. The van der Waals surface area contributed by atoms with Crippen LogP contribution in [0.5, 0.6) is 0 Å². The van der Waals surface area contributed by atoms with Gasteiger partial charge in [-0.3, -0.25) is 4.79 Å². The molecule has 1 aromatic carbocycles.